The van der Waals surface area contributed by atoms with E-state index >= 15 is 0 Å². The van der Waals surface area contributed by atoms with Crippen LogP contribution in [0.3, 0.4) is 0 Å². The zero-order valence-electron chi connectivity index (χ0n) is 13.3. The summed E-state index contributed by atoms with van der Waals surface area (Å²) in [6.45, 7) is -1.75. The van der Waals surface area contributed by atoms with Gasteiger partial charge in [0.25, 0.3) is 11.8 Å². The van der Waals surface area contributed by atoms with E-state index in [1.807, 2.05) is 10.6 Å². The minimum atomic E-state index is -1.76. The SMILES string of the molecule is O=C(NC(CSSCC(NC(=O)C(O)CO)C(=O)O)C(=O)O)C(O)CO. The number of hydrogen-bond acceptors (Lipinski definition) is 10. The molecule has 0 rings (SSSR count). The van der Waals surface area contributed by atoms with Gasteiger partial charge in [0, 0.05) is 11.5 Å². The van der Waals surface area contributed by atoms with Crippen molar-refractivity contribution < 1.29 is 49.8 Å². The van der Waals surface area contributed by atoms with Gasteiger partial charge in [-0.25, -0.2) is 9.59 Å². The van der Waals surface area contributed by atoms with Crippen molar-refractivity contribution in [3.8, 4) is 0 Å². The third kappa shape index (κ3) is 9.21. The van der Waals surface area contributed by atoms with E-state index in [0.29, 0.717) is 0 Å². The lowest BCUT2D eigenvalue weighted by Crippen LogP contribution is -2.48. The Morgan fingerprint density at radius 2 is 1.04 bits per heavy atom. The number of carbonyl (C=O) groups is 4. The maximum atomic E-state index is 11.4. The standard InChI is InChI=1S/C12H20N2O10S2/c15-1-7(17)9(19)13-5(11(21)22)3-25-26-4-6(12(23)24)14-10(20)8(18)2-16/h5-8,15-18H,1-4H2,(H,13,19)(H,14,20)(H,21,22)(H,23,24). The number of aliphatic hydroxyl groups is 4. The molecule has 12 nitrogen and oxygen atoms in total. The lowest BCUT2D eigenvalue weighted by molar-refractivity contribution is -0.143. The van der Waals surface area contributed by atoms with Gasteiger partial charge in [0.05, 0.1) is 13.2 Å². The number of aliphatic hydroxyl groups excluding tert-OH is 4. The zero-order valence-corrected chi connectivity index (χ0v) is 14.9. The number of carboxylic acids is 2. The Morgan fingerprint density at radius 3 is 1.27 bits per heavy atom. The molecule has 0 aliphatic carbocycles. The second-order valence-corrected chi connectivity index (χ2v) is 7.32. The lowest BCUT2D eigenvalue weighted by atomic mass is 10.3. The highest BCUT2D eigenvalue weighted by molar-refractivity contribution is 8.76. The molecule has 2 amide bonds. The van der Waals surface area contributed by atoms with Gasteiger partial charge >= 0.3 is 11.9 Å². The Morgan fingerprint density at radius 1 is 0.731 bits per heavy atom. The first-order chi connectivity index (χ1) is 12.1. The van der Waals surface area contributed by atoms with Crippen LogP contribution < -0.4 is 10.6 Å². The van der Waals surface area contributed by atoms with Crippen LogP contribution in [0.5, 0.6) is 0 Å². The van der Waals surface area contributed by atoms with E-state index in [1.165, 1.54) is 0 Å². The Bertz CT molecular complexity index is 462. The van der Waals surface area contributed by atoms with Crippen molar-refractivity contribution in [2.45, 2.75) is 24.3 Å². The fourth-order valence-corrected chi connectivity index (χ4v) is 3.59. The summed E-state index contributed by atoms with van der Waals surface area (Å²) in [6, 6.07) is -2.79. The predicted molar refractivity (Wildman–Crippen MR) is 90.2 cm³/mol. The molecular weight excluding hydrogens is 396 g/mol. The summed E-state index contributed by atoms with van der Waals surface area (Å²) < 4.78 is 0. The van der Waals surface area contributed by atoms with Crippen molar-refractivity contribution in [2.75, 3.05) is 24.7 Å². The van der Waals surface area contributed by atoms with E-state index in [4.69, 9.17) is 30.6 Å². The average Bonchev–Trinajstić information content (AvgIpc) is 2.60. The van der Waals surface area contributed by atoms with Crippen LogP contribution in [0.1, 0.15) is 0 Å². The first kappa shape index (κ1) is 24.4. The molecule has 0 radical (unpaired) electrons. The van der Waals surface area contributed by atoms with Gasteiger partial charge in [-0.1, -0.05) is 21.6 Å². The highest BCUT2D eigenvalue weighted by Gasteiger charge is 2.26. The molecule has 0 aliphatic rings. The monoisotopic (exact) mass is 416 g/mol. The van der Waals surface area contributed by atoms with Gasteiger partial charge < -0.3 is 41.3 Å². The summed E-state index contributed by atoms with van der Waals surface area (Å²) in [6.07, 6.45) is -3.53. The molecule has 0 aromatic carbocycles. The molecule has 0 aromatic rings. The number of carboxylic acid groups (broad SMARTS) is 2. The number of aliphatic carboxylic acids is 2. The van der Waals surface area contributed by atoms with Crippen molar-refractivity contribution in [3.63, 3.8) is 0 Å². The molecule has 150 valence electrons. The van der Waals surface area contributed by atoms with Crippen molar-refractivity contribution in [2.24, 2.45) is 0 Å². The topological polar surface area (TPSA) is 214 Å². The first-order valence-corrected chi connectivity index (χ1v) is 9.51. The second kappa shape index (κ2) is 12.7. The largest absolute Gasteiger partial charge is 0.480 e. The van der Waals surface area contributed by atoms with Crippen LogP contribution in [0.25, 0.3) is 0 Å². The Labute approximate surface area is 155 Å². The smallest absolute Gasteiger partial charge is 0.327 e. The van der Waals surface area contributed by atoms with Gasteiger partial charge in [-0.3, -0.25) is 9.59 Å². The quantitative estimate of drug-likeness (QED) is 0.107. The molecule has 4 unspecified atom stereocenters. The molecule has 0 saturated heterocycles. The number of hydrogen-bond donors (Lipinski definition) is 8. The van der Waals surface area contributed by atoms with Gasteiger partial charge in [-0.15, -0.1) is 0 Å². The van der Waals surface area contributed by atoms with Gasteiger partial charge in [0.2, 0.25) is 0 Å². The van der Waals surface area contributed by atoms with Crippen LogP contribution in [0.2, 0.25) is 0 Å². The molecule has 0 heterocycles. The fraction of sp³-hybridized carbons (Fsp3) is 0.667. The fourth-order valence-electron chi connectivity index (χ4n) is 1.28. The van der Waals surface area contributed by atoms with Gasteiger partial charge in [0.1, 0.15) is 12.1 Å². The van der Waals surface area contributed by atoms with Crippen molar-refractivity contribution >= 4 is 45.3 Å². The van der Waals surface area contributed by atoms with Crippen LogP contribution in [-0.4, -0.2) is 103 Å². The molecule has 14 heteroatoms. The summed E-state index contributed by atoms with van der Waals surface area (Å²) in [5.41, 5.74) is 0. The third-order valence-corrected chi connectivity index (χ3v) is 5.16. The number of rotatable bonds is 13. The molecule has 0 bridgehead atoms. The number of amides is 2. The van der Waals surface area contributed by atoms with Crippen LogP contribution >= 0.6 is 21.6 Å². The maximum absolute atomic E-state index is 11.4. The molecule has 0 aromatic heterocycles. The molecule has 0 fully saturated rings. The van der Waals surface area contributed by atoms with Crippen molar-refractivity contribution in [1.29, 1.82) is 0 Å². The number of carbonyl (C=O) groups excluding carboxylic acids is 2. The van der Waals surface area contributed by atoms with E-state index in [1.54, 1.807) is 0 Å². The van der Waals surface area contributed by atoms with Gasteiger partial charge in [0.15, 0.2) is 12.2 Å². The predicted octanol–water partition coefficient (Wildman–Crippen LogP) is -3.79. The van der Waals surface area contributed by atoms with Crippen molar-refractivity contribution in [1.82, 2.24) is 10.6 Å². The molecule has 26 heavy (non-hydrogen) atoms. The maximum Gasteiger partial charge on any atom is 0.327 e. The van der Waals surface area contributed by atoms with E-state index in [0.717, 1.165) is 21.6 Å². The highest BCUT2D eigenvalue weighted by atomic mass is 33.1. The minimum absolute atomic E-state index is 0.191. The highest BCUT2D eigenvalue weighted by Crippen LogP contribution is 2.23. The zero-order chi connectivity index (χ0) is 20.3. The Kier molecular flexibility index (Phi) is 11.9. The lowest BCUT2D eigenvalue weighted by Gasteiger charge is -2.17. The minimum Gasteiger partial charge on any atom is -0.480 e. The average molecular weight is 416 g/mol. The van der Waals surface area contributed by atoms with E-state index in [9.17, 15) is 19.2 Å². The van der Waals surface area contributed by atoms with Gasteiger partial charge in [-0.2, -0.15) is 0 Å². The van der Waals surface area contributed by atoms with Crippen LogP contribution in [0, 0.1) is 0 Å². The molecule has 0 aliphatic heterocycles. The first-order valence-electron chi connectivity index (χ1n) is 7.02. The normalized spacial score (nSPS) is 15.4. The van der Waals surface area contributed by atoms with Crippen LogP contribution in [-0.2, 0) is 19.2 Å². The summed E-state index contributed by atoms with van der Waals surface area (Å²) in [7, 11) is 1.78. The summed E-state index contributed by atoms with van der Waals surface area (Å²) in [5.74, 6) is -5.32. The summed E-state index contributed by atoms with van der Waals surface area (Å²) >= 11 is 0. The molecule has 0 spiro atoms. The van der Waals surface area contributed by atoms with E-state index in [-0.39, 0.29) is 11.5 Å². The van der Waals surface area contributed by atoms with Crippen molar-refractivity contribution in [3.05, 3.63) is 0 Å². The summed E-state index contributed by atoms with van der Waals surface area (Å²) in [4.78, 5) is 44.8. The molecule has 0 saturated carbocycles. The van der Waals surface area contributed by atoms with Gasteiger partial charge in [-0.05, 0) is 0 Å². The second-order valence-electron chi connectivity index (χ2n) is 4.76. The van der Waals surface area contributed by atoms with Crippen LogP contribution in [0.15, 0.2) is 0 Å². The van der Waals surface area contributed by atoms with Crippen LogP contribution in [0.4, 0.5) is 0 Å². The van der Waals surface area contributed by atoms with E-state index < -0.39 is 61.3 Å². The Balaban J connectivity index is 4.47. The third-order valence-electron chi connectivity index (χ3n) is 2.73. The molecular formula is C12H20N2O10S2. The Hall–Kier alpha value is -1.58. The van der Waals surface area contributed by atoms with E-state index in [2.05, 4.69) is 0 Å². The molecule has 8 N–H and O–H groups in total. The number of nitrogens with one attached hydrogen (secondary N) is 2. The molecule has 4 atom stereocenters. The summed E-state index contributed by atoms with van der Waals surface area (Å²) in [5, 5.41) is 57.4.